The number of para-hydroxylation sites is 1. The first-order valence-corrected chi connectivity index (χ1v) is 8.30. The van der Waals surface area contributed by atoms with E-state index in [1.165, 1.54) is 7.11 Å². The zero-order valence-electron chi connectivity index (χ0n) is 13.5. The van der Waals surface area contributed by atoms with Gasteiger partial charge in [-0.1, -0.05) is 28.1 Å². The fourth-order valence-corrected chi connectivity index (χ4v) is 2.47. The third-order valence-electron chi connectivity index (χ3n) is 3.42. The molecule has 0 fully saturated rings. The predicted octanol–water partition coefficient (Wildman–Crippen LogP) is 3.94. The molecule has 1 amide bonds. The van der Waals surface area contributed by atoms with Gasteiger partial charge in [0.2, 0.25) is 0 Å². The summed E-state index contributed by atoms with van der Waals surface area (Å²) in [5.74, 6) is 0.995. The monoisotopic (exact) mass is 401 g/mol. The molecule has 1 N–H and O–H groups in total. The molecule has 1 aromatic heterocycles. The summed E-state index contributed by atoms with van der Waals surface area (Å²) < 4.78 is 13.4. The Morgan fingerprint density at radius 2 is 1.96 bits per heavy atom. The van der Waals surface area contributed by atoms with Crippen molar-refractivity contribution >= 4 is 27.5 Å². The highest BCUT2D eigenvalue weighted by atomic mass is 79.9. The molecule has 7 heteroatoms. The standard InChI is InChI=1S/C18H16BrN3O3/c1-24-17-5-3-2-4-16(17)18(23)21-14-10-20-22(11-14)12-25-15-8-6-13(19)7-9-15/h2-11H,12H2,1H3,(H,21,23). The van der Waals surface area contributed by atoms with Crippen LogP contribution in [0, 0.1) is 0 Å². The number of benzene rings is 2. The van der Waals surface area contributed by atoms with Gasteiger partial charge >= 0.3 is 0 Å². The largest absolute Gasteiger partial charge is 0.496 e. The van der Waals surface area contributed by atoms with E-state index in [0.717, 1.165) is 10.2 Å². The molecule has 6 nitrogen and oxygen atoms in total. The van der Waals surface area contributed by atoms with Crippen molar-refractivity contribution in [2.24, 2.45) is 0 Å². The number of nitrogens with one attached hydrogen (secondary N) is 1. The molecule has 0 atom stereocenters. The van der Waals surface area contributed by atoms with E-state index in [4.69, 9.17) is 9.47 Å². The van der Waals surface area contributed by atoms with E-state index in [2.05, 4.69) is 26.3 Å². The Morgan fingerprint density at radius 3 is 2.72 bits per heavy atom. The van der Waals surface area contributed by atoms with Crippen LogP contribution in [0.4, 0.5) is 5.69 Å². The summed E-state index contributed by atoms with van der Waals surface area (Å²) >= 11 is 3.37. The van der Waals surface area contributed by atoms with Gasteiger partial charge in [0.05, 0.1) is 30.8 Å². The number of hydrogen-bond donors (Lipinski definition) is 1. The zero-order chi connectivity index (χ0) is 17.6. The maximum atomic E-state index is 12.4. The van der Waals surface area contributed by atoms with Crippen LogP contribution in [0.25, 0.3) is 0 Å². The van der Waals surface area contributed by atoms with Crippen molar-refractivity contribution in [2.75, 3.05) is 12.4 Å². The fraction of sp³-hybridized carbons (Fsp3) is 0.111. The molecule has 2 aromatic carbocycles. The van der Waals surface area contributed by atoms with Crippen LogP contribution < -0.4 is 14.8 Å². The molecule has 0 saturated heterocycles. The second-order valence-corrected chi connectivity index (χ2v) is 6.07. The van der Waals surface area contributed by atoms with E-state index < -0.39 is 0 Å². The zero-order valence-corrected chi connectivity index (χ0v) is 15.1. The molecule has 3 rings (SSSR count). The highest BCUT2D eigenvalue weighted by molar-refractivity contribution is 9.10. The smallest absolute Gasteiger partial charge is 0.259 e. The molecule has 25 heavy (non-hydrogen) atoms. The Labute approximate surface area is 153 Å². The summed E-state index contributed by atoms with van der Waals surface area (Å²) in [5.41, 5.74) is 1.04. The number of halogens is 1. The first-order valence-electron chi connectivity index (χ1n) is 7.51. The Hall–Kier alpha value is -2.80. The second-order valence-electron chi connectivity index (χ2n) is 5.15. The summed E-state index contributed by atoms with van der Waals surface area (Å²) in [4.78, 5) is 12.4. The van der Waals surface area contributed by atoms with Gasteiger partial charge in [-0.25, -0.2) is 4.68 Å². The molecule has 3 aromatic rings. The molecule has 0 aliphatic carbocycles. The van der Waals surface area contributed by atoms with Crippen LogP contribution in [-0.2, 0) is 6.73 Å². The van der Waals surface area contributed by atoms with Crippen LogP contribution in [0.3, 0.4) is 0 Å². The number of ether oxygens (including phenoxy) is 2. The van der Waals surface area contributed by atoms with Crippen molar-refractivity contribution < 1.29 is 14.3 Å². The Balaban J connectivity index is 1.61. The predicted molar refractivity (Wildman–Crippen MR) is 97.9 cm³/mol. The lowest BCUT2D eigenvalue weighted by Gasteiger charge is -2.07. The average Bonchev–Trinajstić information content (AvgIpc) is 3.08. The molecule has 0 aliphatic heterocycles. The Kier molecular flexibility index (Phi) is 5.35. The van der Waals surface area contributed by atoms with Crippen LogP contribution in [0.1, 0.15) is 10.4 Å². The maximum Gasteiger partial charge on any atom is 0.259 e. The summed E-state index contributed by atoms with van der Waals surface area (Å²) in [6.07, 6.45) is 3.27. The summed E-state index contributed by atoms with van der Waals surface area (Å²) in [6.45, 7) is 0.242. The van der Waals surface area contributed by atoms with E-state index in [-0.39, 0.29) is 12.6 Å². The van der Waals surface area contributed by atoms with E-state index in [1.54, 1.807) is 35.3 Å². The van der Waals surface area contributed by atoms with Crippen LogP contribution in [0.2, 0.25) is 0 Å². The molecular weight excluding hydrogens is 386 g/mol. The van der Waals surface area contributed by atoms with Gasteiger partial charge in [-0.2, -0.15) is 5.10 Å². The quantitative estimate of drug-likeness (QED) is 0.679. The molecule has 0 bridgehead atoms. The van der Waals surface area contributed by atoms with Crippen molar-refractivity contribution in [3.63, 3.8) is 0 Å². The van der Waals surface area contributed by atoms with Gasteiger partial charge in [0.25, 0.3) is 5.91 Å². The number of methoxy groups -OCH3 is 1. The molecule has 0 radical (unpaired) electrons. The number of amides is 1. The summed E-state index contributed by atoms with van der Waals surface area (Å²) in [5, 5.41) is 6.97. The molecule has 1 heterocycles. The van der Waals surface area contributed by atoms with Crippen LogP contribution >= 0.6 is 15.9 Å². The lowest BCUT2D eigenvalue weighted by molar-refractivity contribution is 0.102. The van der Waals surface area contributed by atoms with E-state index in [0.29, 0.717) is 17.0 Å². The summed E-state index contributed by atoms with van der Waals surface area (Å²) in [7, 11) is 1.53. The minimum absolute atomic E-state index is 0.242. The third-order valence-corrected chi connectivity index (χ3v) is 3.95. The minimum atomic E-state index is -0.258. The van der Waals surface area contributed by atoms with Crippen molar-refractivity contribution in [1.29, 1.82) is 0 Å². The number of carbonyl (C=O) groups excluding carboxylic acids is 1. The van der Waals surface area contributed by atoms with Gasteiger partial charge in [0.15, 0.2) is 6.73 Å². The molecular formula is C18H16BrN3O3. The van der Waals surface area contributed by atoms with E-state index in [1.807, 2.05) is 30.3 Å². The topological polar surface area (TPSA) is 65.4 Å². The van der Waals surface area contributed by atoms with Gasteiger partial charge in [-0.15, -0.1) is 0 Å². The van der Waals surface area contributed by atoms with Crippen LogP contribution in [-0.4, -0.2) is 22.8 Å². The minimum Gasteiger partial charge on any atom is -0.496 e. The lowest BCUT2D eigenvalue weighted by Crippen LogP contribution is -2.12. The number of anilines is 1. The Bertz CT molecular complexity index is 862. The van der Waals surface area contributed by atoms with E-state index >= 15 is 0 Å². The highest BCUT2D eigenvalue weighted by Crippen LogP contribution is 2.19. The average molecular weight is 402 g/mol. The molecule has 128 valence electrons. The van der Waals surface area contributed by atoms with Gasteiger partial charge in [0, 0.05) is 4.47 Å². The van der Waals surface area contributed by atoms with Crippen molar-refractivity contribution in [2.45, 2.75) is 6.73 Å². The number of rotatable bonds is 6. The molecule has 0 saturated carbocycles. The first-order chi connectivity index (χ1) is 12.2. The number of nitrogens with zero attached hydrogens (tertiary/aromatic N) is 2. The van der Waals surface area contributed by atoms with Gasteiger partial charge in [0.1, 0.15) is 11.5 Å². The maximum absolute atomic E-state index is 12.4. The molecule has 0 unspecified atom stereocenters. The first kappa shape index (κ1) is 17.0. The van der Waals surface area contributed by atoms with Gasteiger partial charge in [-0.05, 0) is 36.4 Å². The highest BCUT2D eigenvalue weighted by Gasteiger charge is 2.12. The number of hydrogen-bond acceptors (Lipinski definition) is 4. The van der Waals surface area contributed by atoms with Crippen LogP contribution in [0.15, 0.2) is 65.4 Å². The van der Waals surface area contributed by atoms with Crippen molar-refractivity contribution in [3.05, 3.63) is 71.0 Å². The normalized spacial score (nSPS) is 10.3. The van der Waals surface area contributed by atoms with Crippen LogP contribution in [0.5, 0.6) is 11.5 Å². The second kappa shape index (κ2) is 7.85. The summed E-state index contributed by atoms with van der Waals surface area (Å²) in [6, 6.07) is 14.6. The molecule has 0 spiro atoms. The third kappa shape index (κ3) is 4.39. The number of aromatic nitrogens is 2. The Morgan fingerprint density at radius 1 is 1.20 bits per heavy atom. The fourth-order valence-electron chi connectivity index (χ4n) is 2.20. The SMILES string of the molecule is COc1ccccc1C(=O)Nc1cnn(COc2ccc(Br)cc2)c1. The molecule has 0 aliphatic rings. The van der Waals surface area contributed by atoms with Crippen molar-refractivity contribution in [1.82, 2.24) is 9.78 Å². The number of carbonyl (C=O) groups is 1. The lowest BCUT2D eigenvalue weighted by atomic mass is 10.2. The van der Waals surface area contributed by atoms with Gasteiger partial charge < -0.3 is 14.8 Å². The van der Waals surface area contributed by atoms with Gasteiger partial charge in [-0.3, -0.25) is 4.79 Å². The van der Waals surface area contributed by atoms with E-state index in [9.17, 15) is 4.79 Å². The van der Waals surface area contributed by atoms with Crippen molar-refractivity contribution in [3.8, 4) is 11.5 Å².